The van der Waals surface area contributed by atoms with Crippen molar-refractivity contribution in [2.45, 2.75) is 38.4 Å². The third-order valence-electron chi connectivity index (χ3n) is 5.17. The van der Waals surface area contributed by atoms with Gasteiger partial charge in [0.05, 0.1) is 17.5 Å². The molecule has 122 valence electrons. The lowest BCUT2D eigenvalue weighted by Gasteiger charge is -2.36. The maximum atomic E-state index is 6.40. The summed E-state index contributed by atoms with van der Waals surface area (Å²) in [5.74, 6) is 0. The third kappa shape index (κ3) is 2.56. The Balaban J connectivity index is 1.62. The molecule has 2 heterocycles. The van der Waals surface area contributed by atoms with Gasteiger partial charge in [0, 0.05) is 11.8 Å². The lowest BCUT2D eigenvalue weighted by Crippen LogP contribution is -2.46. The van der Waals surface area contributed by atoms with Crippen LogP contribution in [0.2, 0.25) is 0 Å². The molecule has 1 aliphatic heterocycles. The maximum Gasteiger partial charge on any atom is 0.494 e. The zero-order chi connectivity index (χ0) is 16.8. The van der Waals surface area contributed by atoms with Crippen molar-refractivity contribution in [3.8, 4) is 0 Å². The van der Waals surface area contributed by atoms with Gasteiger partial charge in [-0.2, -0.15) is 0 Å². The van der Waals surface area contributed by atoms with Crippen LogP contribution in [0.25, 0.3) is 11.0 Å². The summed E-state index contributed by atoms with van der Waals surface area (Å²) in [6.45, 7) is 6.34. The van der Waals surface area contributed by atoms with Crippen LogP contribution in [0.5, 0.6) is 0 Å². The molecular formula is C20H21BO3. The van der Waals surface area contributed by atoms with E-state index in [2.05, 4.69) is 32.9 Å². The van der Waals surface area contributed by atoms with Crippen molar-refractivity contribution in [2.24, 2.45) is 0 Å². The third-order valence-corrected chi connectivity index (χ3v) is 5.17. The first-order valence-corrected chi connectivity index (χ1v) is 8.34. The predicted molar refractivity (Wildman–Crippen MR) is 96.4 cm³/mol. The number of hydrogen-bond donors (Lipinski definition) is 0. The van der Waals surface area contributed by atoms with Crippen LogP contribution in [0, 0.1) is 0 Å². The van der Waals surface area contributed by atoms with Crippen molar-refractivity contribution in [3.05, 3.63) is 66.4 Å². The molecule has 0 spiro atoms. The molecule has 4 rings (SSSR count). The van der Waals surface area contributed by atoms with E-state index in [0.717, 1.165) is 22.9 Å². The van der Waals surface area contributed by atoms with Crippen LogP contribution in [-0.2, 0) is 15.7 Å². The van der Waals surface area contributed by atoms with E-state index in [1.807, 2.05) is 42.5 Å². The summed E-state index contributed by atoms with van der Waals surface area (Å²) in [6, 6.07) is 18.4. The first-order valence-electron chi connectivity index (χ1n) is 8.34. The fraction of sp³-hybridized carbons (Fsp3) is 0.300. The van der Waals surface area contributed by atoms with E-state index in [9.17, 15) is 0 Å². The van der Waals surface area contributed by atoms with Gasteiger partial charge in [-0.3, -0.25) is 0 Å². The van der Waals surface area contributed by atoms with Crippen LogP contribution in [0.3, 0.4) is 0 Å². The molecule has 1 unspecified atom stereocenters. The molecule has 0 amide bonds. The van der Waals surface area contributed by atoms with Gasteiger partial charge in [0.2, 0.25) is 0 Å². The van der Waals surface area contributed by atoms with Gasteiger partial charge < -0.3 is 13.7 Å². The Morgan fingerprint density at radius 1 is 0.917 bits per heavy atom. The average molecular weight is 320 g/mol. The molecule has 0 N–H and O–H groups in total. The van der Waals surface area contributed by atoms with E-state index in [-0.39, 0.29) is 7.12 Å². The average Bonchev–Trinajstić information content (AvgIpc) is 3.10. The Morgan fingerprint density at radius 3 is 2.50 bits per heavy atom. The predicted octanol–water partition coefficient (Wildman–Crippen LogP) is 3.95. The molecule has 0 saturated carbocycles. The van der Waals surface area contributed by atoms with E-state index in [4.69, 9.17) is 13.7 Å². The summed E-state index contributed by atoms with van der Waals surface area (Å²) in [7, 11) is -0.330. The summed E-state index contributed by atoms with van der Waals surface area (Å²) in [5.41, 5.74) is 2.38. The molecule has 3 nitrogen and oxygen atoms in total. The first kappa shape index (κ1) is 15.5. The van der Waals surface area contributed by atoms with E-state index < -0.39 is 11.2 Å². The monoisotopic (exact) mass is 320 g/mol. The van der Waals surface area contributed by atoms with Crippen LogP contribution in [0.15, 0.2) is 65.3 Å². The molecule has 0 bridgehead atoms. The maximum absolute atomic E-state index is 6.40. The van der Waals surface area contributed by atoms with Crippen molar-refractivity contribution in [1.29, 1.82) is 0 Å². The zero-order valence-corrected chi connectivity index (χ0v) is 14.3. The quantitative estimate of drug-likeness (QED) is 0.685. The van der Waals surface area contributed by atoms with E-state index >= 15 is 0 Å². The van der Waals surface area contributed by atoms with Gasteiger partial charge in [-0.15, -0.1) is 0 Å². The Bertz CT molecular complexity index is 855. The summed E-state index contributed by atoms with van der Waals surface area (Å²) in [5, 5.41) is 1.12. The highest BCUT2D eigenvalue weighted by Crippen LogP contribution is 2.40. The number of benzene rings is 2. The molecular weight excluding hydrogens is 299 g/mol. The summed E-state index contributed by atoms with van der Waals surface area (Å²) in [6.07, 6.45) is 2.51. The SMILES string of the molecule is CC1(C)OB(c2ccccc2)OC1(C)Cc1ccc2occc2c1. The largest absolute Gasteiger partial charge is 0.494 e. The second-order valence-electron chi connectivity index (χ2n) is 7.19. The van der Waals surface area contributed by atoms with Crippen LogP contribution < -0.4 is 5.46 Å². The summed E-state index contributed by atoms with van der Waals surface area (Å²) in [4.78, 5) is 0. The Labute approximate surface area is 142 Å². The fourth-order valence-corrected chi connectivity index (χ4v) is 3.31. The Hall–Kier alpha value is -2.04. The molecule has 1 aromatic heterocycles. The number of hydrogen-bond acceptors (Lipinski definition) is 3. The highest BCUT2D eigenvalue weighted by atomic mass is 16.7. The van der Waals surface area contributed by atoms with Crippen molar-refractivity contribution in [1.82, 2.24) is 0 Å². The lowest BCUT2D eigenvalue weighted by atomic mass is 9.79. The van der Waals surface area contributed by atoms with Gasteiger partial charge >= 0.3 is 7.12 Å². The molecule has 2 aromatic carbocycles. The lowest BCUT2D eigenvalue weighted by molar-refractivity contribution is -0.00875. The van der Waals surface area contributed by atoms with Gasteiger partial charge in [-0.1, -0.05) is 36.4 Å². The van der Waals surface area contributed by atoms with Crippen molar-refractivity contribution in [3.63, 3.8) is 0 Å². The highest BCUT2D eigenvalue weighted by molar-refractivity contribution is 6.62. The van der Waals surface area contributed by atoms with E-state index in [1.165, 1.54) is 5.56 Å². The second kappa shape index (κ2) is 5.50. The standard InChI is InChI=1S/C20H21BO3/c1-19(2)20(3,24-21(23-19)17-7-5-4-6-8-17)14-15-9-10-18-16(13-15)11-12-22-18/h4-13H,14H2,1-3H3. The highest BCUT2D eigenvalue weighted by Gasteiger charge is 2.54. The normalized spacial score (nSPS) is 23.0. The topological polar surface area (TPSA) is 31.6 Å². The molecule has 3 aromatic rings. The molecule has 1 saturated heterocycles. The molecule has 4 heteroatoms. The van der Waals surface area contributed by atoms with Crippen LogP contribution in [-0.4, -0.2) is 18.3 Å². The van der Waals surface area contributed by atoms with E-state index in [0.29, 0.717) is 0 Å². The minimum absolute atomic E-state index is 0.330. The Kier molecular flexibility index (Phi) is 3.55. The molecule has 24 heavy (non-hydrogen) atoms. The molecule has 1 fully saturated rings. The van der Waals surface area contributed by atoms with Gasteiger partial charge in [0.25, 0.3) is 0 Å². The van der Waals surface area contributed by atoms with Gasteiger partial charge in [-0.25, -0.2) is 0 Å². The first-order chi connectivity index (χ1) is 11.5. The molecule has 0 radical (unpaired) electrons. The zero-order valence-electron chi connectivity index (χ0n) is 14.3. The van der Waals surface area contributed by atoms with Gasteiger partial charge in [0.1, 0.15) is 5.58 Å². The number of fused-ring (bicyclic) bond motifs is 1. The fourth-order valence-electron chi connectivity index (χ4n) is 3.31. The van der Waals surface area contributed by atoms with Crippen LogP contribution in [0.4, 0.5) is 0 Å². The number of furan rings is 1. The van der Waals surface area contributed by atoms with Crippen molar-refractivity contribution >= 4 is 23.6 Å². The van der Waals surface area contributed by atoms with Crippen LogP contribution >= 0.6 is 0 Å². The molecule has 1 atom stereocenters. The summed E-state index contributed by atoms with van der Waals surface area (Å²) < 4.78 is 18.1. The minimum Gasteiger partial charge on any atom is -0.464 e. The van der Waals surface area contributed by atoms with Gasteiger partial charge in [0.15, 0.2) is 0 Å². The summed E-state index contributed by atoms with van der Waals surface area (Å²) >= 11 is 0. The number of rotatable bonds is 3. The van der Waals surface area contributed by atoms with Crippen molar-refractivity contribution < 1.29 is 13.7 Å². The van der Waals surface area contributed by atoms with E-state index in [1.54, 1.807) is 6.26 Å². The van der Waals surface area contributed by atoms with Crippen molar-refractivity contribution in [2.75, 3.05) is 0 Å². The minimum atomic E-state index is -0.412. The molecule has 1 aliphatic rings. The van der Waals surface area contributed by atoms with Gasteiger partial charge in [-0.05, 0) is 50.0 Å². The second-order valence-corrected chi connectivity index (χ2v) is 7.19. The Morgan fingerprint density at radius 2 is 1.71 bits per heavy atom. The molecule has 0 aliphatic carbocycles. The van der Waals surface area contributed by atoms with Crippen LogP contribution in [0.1, 0.15) is 26.3 Å². The smallest absolute Gasteiger partial charge is 0.464 e.